The molecule has 0 aliphatic carbocycles. The van der Waals surface area contributed by atoms with Crippen molar-refractivity contribution in [2.24, 2.45) is 0 Å². The van der Waals surface area contributed by atoms with Gasteiger partial charge in [0.1, 0.15) is 0 Å². The van der Waals surface area contributed by atoms with E-state index >= 15 is 0 Å². The van der Waals surface area contributed by atoms with Crippen LogP contribution in [0, 0.1) is 13.8 Å². The van der Waals surface area contributed by atoms with Gasteiger partial charge in [-0.15, -0.1) is 0 Å². The second-order valence-corrected chi connectivity index (χ2v) is 7.05. The second-order valence-electron chi connectivity index (χ2n) is 7.05. The Balaban J connectivity index is 1.87. The summed E-state index contributed by atoms with van der Waals surface area (Å²) in [4.78, 5) is 36.1. The molecule has 0 bridgehead atoms. The summed E-state index contributed by atoms with van der Waals surface area (Å²) in [6.45, 7) is 7.54. The second kappa shape index (κ2) is 9.83. The minimum absolute atomic E-state index is 0.0139. The first-order chi connectivity index (χ1) is 13.3. The van der Waals surface area contributed by atoms with E-state index in [1.807, 2.05) is 63.2 Å². The van der Waals surface area contributed by atoms with E-state index in [1.165, 1.54) is 0 Å². The van der Waals surface area contributed by atoms with Crippen LogP contribution in [0.5, 0.6) is 0 Å². The van der Waals surface area contributed by atoms with Crippen LogP contribution in [-0.4, -0.2) is 17.6 Å². The molecule has 2 N–H and O–H groups in total. The third kappa shape index (κ3) is 6.05. The molecule has 0 aromatic heterocycles. The number of amides is 2. The molecule has 28 heavy (non-hydrogen) atoms. The lowest BCUT2D eigenvalue weighted by Gasteiger charge is -2.15. The van der Waals surface area contributed by atoms with Crippen molar-refractivity contribution in [1.29, 1.82) is 0 Å². The summed E-state index contributed by atoms with van der Waals surface area (Å²) in [7, 11) is 0. The number of ketones is 1. The number of aryl methyl sites for hydroxylation is 2. The first-order valence-corrected chi connectivity index (χ1v) is 9.59. The Bertz CT molecular complexity index is 857. The van der Waals surface area contributed by atoms with Crippen LogP contribution in [0.1, 0.15) is 66.2 Å². The van der Waals surface area contributed by atoms with Crippen LogP contribution in [0.4, 0.5) is 5.69 Å². The monoisotopic (exact) mass is 380 g/mol. The van der Waals surface area contributed by atoms with Gasteiger partial charge in [-0.05, 0) is 50.1 Å². The molecule has 2 aromatic rings. The van der Waals surface area contributed by atoms with E-state index in [-0.39, 0.29) is 36.5 Å². The van der Waals surface area contributed by atoms with E-state index in [4.69, 9.17) is 0 Å². The maximum absolute atomic E-state index is 12.4. The Morgan fingerprint density at radius 2 is 1.61 bits per heavy atom. The highest BCUT2D eigenvalue weighted by Gasteiger charge is 2.14. The van der Waals surface area contributed by atoms with Gasteiger partial charge in [0.2, 0.25) is 11.8 Å². The van der Waals surface area contributed by atoms with Gasteiger partial charge in [-0.3, -0.25) is 14.4 Å². The SMILES string of the molecule is CCC(=O)Nc1ccc(C(C)NC(=O)CCC(=O)c2cc(C)ccc2C)cc1. The topological polar surface area (TPSA) is 75.3 Å². The molecule has 2 rings (SSSR count). The summed E-state index contributed by atoms with van der Waals surface area (Å²) in [6, 6.07) is 13.0. The largest absolute Gasteiger partial charge is 0.350 e. The van der Waals surface area contributed by atoms with Crippen LogP contribution in [0.3, 0.4) is 0 Å². The third-order valence-electron chi connectivity index (χ3n) is 4.67. The number of carbonyl (C=O) groups is 3. The first-order valence-electron chi connectivity index (χ1n) is 9.59. The fourth-order valence-corrected chi connectivity index (χ4v) is 2.90. The molecule has 2 aromatic carbocycles. The standard InChI is InChI=1S/C23H28N2O3/c1-5-22(27)25-19-10-8-18(9-11-19)17(4)24-23(28)13-12-21(26)20-14-15(2)6-7-16(20)3/h6-11,14,17H,5,12-13H2,1-4H3,(H,24,28)(H,25,27). The van der Waals surface area contributed by atoms with Crippen molar-refractivity contribution in [2.75, 3.05) is 5.32 Å². The van der Waals surface area contributed by atoms with Gasteiger partial charge < -0.3 is 10.6 Å². The van der Waals surface area contributed by atoms with Gasteiger partial charge in [-0.25, -0.2) is 0 Å². The van der Waals surface area contributed by atoms with Crippen LogP contribution in [0.15, 0.2) is 42.5 Å². The Kier molecular flexibility index (Phi) is 7.50. The summed E-state index contributed by atoms with van der Waals surface area (Å²) in [5.74, 6) is -0.211. The summed E-state index contributed by atoms with van der Waals surface area (Å²) >= 11 is 0. The minimum atomic E-state index is -0.181. The van der Waals surface area contributed by atoms with Crippen molar-refractivity contribution in [2.45, 2.75) is 53.0 Å². The maximum atomic E-state index is 12.4. The molecule has 0 aliphatic rings. The summed E-state index contributed by atoms with van der Waals surface area (Å²) in [6.07, 6.45) is 0.765. The Morgan fingerprint density at radius 1 is 0.929 bits per heavy atom. The van der Waals surface area contributed by atoms with Crippen molar-refractivity contribution < 1.29 is 14.4 Å². The molecule has 0 saturated heterocycles. The fourth-order valence-electron chi connectivity index (χ4n) is 2.90. The minimum Gasteiger partial charge on any atom is -0.350 e. The molecule has 5 nitrogen and oxygen atoms in total. The molecule has 5 heteroatoms. The number of nitrogens with one attached hydrogen (secondary N) is 2. The number of Topliss-reactive ketones (excluding diaryl/α,β-unsaturated/α-hetero) is 1. The van der Waals surface area contributed by atoms with Crippen molar-refractivity contribution in [3.8, 4) is 0 Å². The van der Waals surface area contributed by atoms with Crippen LogP contribution in [-0.2, 0) is 9.59 Å². The molecule has 148 valence electrons. The summed E-state index contributed by atoms with van der Waals surface area (Å²) in [5, 5.41) is 5.71. The molecule has 0 fully saturated rings. The average Bonchev–Trinajstić information content (AvgIpc) is 2.68. The maximum Gasteiger partial charge on any atom is 0.224 e. The van der Waals surface area contributed by atoms with Crippen LogP contribution in [0.2, 0.25) is 0 Å². The Morgan fingerprint density at radius 3 is 2.25 bits per heavy atom. The van der Waals surface area contributed by atoms with Gasteiger partial charge in [0.15, 0.2) is 5.78 Å². The Hall–Kier alpha value is -2.95. The van der Waals surface area contributed by atoms with Gasteiger partial charge in [-0.2, -0.15) is 0 Å². The number of rotatable bonds is 8. The predicted molar refractivity (Wildman–Crippen MR) is 111 cm³/mol. The summed E-state index contributed by atoms with van der Waals surface area (Å²) in [5.41, 5.74) is 4.31. The van der Waals surface area contributed by atoms with Crippen molar-refractivity contribution in [1.82, 2.24) is 5.32 Å². The molecule has 0 radical (unpaired) electrons. The van der Waals surface area contributed by atoms with Gasteiger partial charge in [0, 0.05) is 30.5 Å². The zero-order valence-corrected chi connectivity index (χ0v) is 17.0. The van der Waals surface area contributed by atoms with Crippen LogP contribution < -0.4 is 10.6 Å². The molecule has 0 saturated carbocycles. The lowest BCUT2D eigenvalue weighted by Crippen LogP contribution is -2.27. The predicted octanol–water partition coefficient (Wildman–Crippen LogP) is 4.49. The van der Waals surface area contributed by atoms with E-state index in [0.29, 0.717) is 12.0 Å². The van der Waals surface area contributed by atoms with Crippen molar-refractivity contribution in [3.63, 3.8) is 0 Å². The summed E-state index contributed by atoms with van der Waals surface area (Å²) < 4.78 is 0. The van der Waals surface area contributed by atoms with E-state index in [1.54, 1.807) is 6.92 Å². The molecular weight excluding hydrogens is 352 g/mol. The molecule has 0 heterocycles. The molecule has 0 spiro atoms. The van der Waals surface area contributed by atoms with Gasteiger partial charge in [0.25, 0.3) is 0 Å². The van der Waals surface area contributed by atoms with E-state index in [0.717, 1.165) is 22.4 Å². The quantitative estimate of drug-likeness (QED) is 0.663. The number of anilines is 1. The molecule has 1 unspecified atom stereocenters. The van der Waals surface area contributed by atoms with E-state index in [9.17, 15) is 14.4 Å². The van der Waals surface area contributed by atoms with Gasteiger partial charge in [0.05, 0.1) is 6.04 Å². The average molecular weight is 380 g/mol. The van der Waals surface area contributed by atoms with Gasteiger partial charge >= 0.3 is 0 Å². The van der Waals surface area contributed by atoms with E-state index < -0.39 is 0 Å². The smallest absolute Gasteiger partial charge is 0.224 e. The number of hydrogen-bond donors (Lipinski definition) is 2. The van der Waals surface area contributed by atoms with Gasteiger partial charge in [-0.1, -0.05) is 36.8 Å². The zero-order valence-electron chi connectivity index (χ0n) is 17.0. The number of hydrogen-bond acceptors (Lipinski definition) is 3. The van der Waals surface area contributed by atoms with Crippen LogP contribution in [0.25, 0.3) is 0 Å². The number of carbonyl (C=O) groups excluding carboxylic acids is 3. The highest BCUT2D eigenvalue weighted by molar-refractivity contribution is 5.99. The van der Waals surface area contributed by atoms with E-state index in [2.05, 4.69) is 10.6 Å². The zero-order chi connectivity index (χ0) is 20.7. The fraction of sp³-hybridized carbons (Fsp3) is 0.348. The molecule has 0 aliphatic heterocycles. The van der Waals surface area contributed by atoms with Crippen molar-refractivity contribution >= 4 is 23.3 Å². The highest BCUT2D eigenvalue weighted by Crippen LogP contribution is 2.17. The molecule has 2 amide bonds. The highest BCUT2D eigenvalue weighted by atomic mass is 16.2. The third-order valence-corrected chi connectivity index (χ3v) is 4.67. The lowest BCUT2D eigenvalue weighted by atomic mass is 9.99. The Labute approximate surface area is 166 Å². The number of benzene rings is 2. The van der Waals surface area contributed by atoms with Crippen molar-refractivity contribution in [3.05, 3.63) is 64.7 Å². The first kappa shape index (κ1) is 21.4. The molecular formula is C23H28N2O3. The normalized spacial score (nSPS) is 11.6. The van der Waals surface area contributed by atoms with Crippen LogP contribution >= 0.6 is 0 Å². The molecule has 1 atom stereocenters. The lowest BCUT2D eigenvalue weighted by molar-refractivity contribution is -0.121.